The van der Waals surface area contributed by atoms with E-state index in [1.54, 1.807) is 6.26 Å². The van der Waals surface area contributed by atoms with Crippen LogP contribution in [0.5, 0.6) is 0 Å². The molecule has 0 fully saturated rings. The molecule has 0 N–H and O–H groups in total. The summed E-state index contributed by atoms with van der Waals surface area (Å²) >= 11 is 0. The molecule has 4 nitrogen and oxygen atoms in total. The van der Waals surface area contributed by atoms with Gasteiger partial charge in [-0.2, -0.15) is 0 Å². The Hall–Kier alpha value is -1.68. The number of hydrogen-bond donors (Lipinski definition) is 0. The van der Waals surface area contributed by atoms with Crippen LogP contribution in [0.2, 0.25) is 0 Å². The average molecular weight is 245 g/mol. The van der Waals surface area contributed by atoms with Crippen LogP contribution in [-0.4, -0.2) is 21.9 Å². The fraction of sp³-hybridized carbons (Fsp3) is 0.429. The Morgan fingerprint density at radius 2 is 2.22 bits per heavy atom. The minimum Gasteiger partial charge on any atom is -0.449 e. The van der Waals surface area contributed by atoms with Crippen LogP contribution < -0.4 is 0 Å². The molecule has 0 aliphatic carbocycles. The summed E-state index contributed by atoms with van der Waals surface area (Å²) in [5, 5.41) is 0. The average Bonchev–Trinajstić information content (AvgIpc) is 2.77. The lowest BCUT2D eigenvalue weighted by Crippen LogP contribution is -2.24. The summed E-state index contributed by atoms with van der Waals surface area (Å²) in [6, 6.07) is 6.35. The molecule has 2 aromatic rings. The largest absolute Gasteiger partial charge is 0.449 e. The molecule has 2 rings (SSSR count). The smallest absolute Gasteiger partial charge is 0.191 e. The van der Waals surface area contributed by atoms with E-state index in [0.717, 1.165) is 24.4 Å². The fourth-order valence-corrected chi connectivity index (χ4v) is 2.17. The minimum absolute atomic E-state index is 0.309. The first-order valence-electron chi connectivity index (χ1n) is 6.23. The molecule has 0 saturated carbocycles. The SMILES string of the molecule is CC[C@@H](c1ccccn1)N(C)Cc1coc(C)n1. The van der Waals surface area contributed by atoms with Crippen LogP contribution in [0.3, 0.4) is 0 Å². The maximum absolute atomic E-state index is 5.23. The maximum atomic E-state index is 5.23. The zero-order valence-electron chi connectivity index (χ0n) is 11.1. The van der Waals surface area contributed by atoms with Crippen LogP contribution >= 0.6 is 0 Å². The van der Waals surface area contributed by atoms with Gasteiger partial charge in [-0.1, -0.05) is 13.0 Å². The molecule has 0 unspecified atom stereocenters. The van der Waals surface area contributed by atoms with Crippen LogP contribution in [0.1, 0.15) is 36.7 Å². The highest BCUT2D eigenvalue weighted by molar-refractivity contribution is 5.09. The van der Waals surface area contributed by atoms with Crippen molar-refractivity contribution in [3.8, 4) is 0 Å². The number of hydrogen-bond acceptors (Lipinski definition) is 4. The number of rotatable bonds is 5. The standard InChI is InChI=1S/C14H19N3O/c1-4-14(13-7-5-6-8-15-13)17(3)9-12-10-18-11(2)16-12/h5-8,10,14H,4,9H2,1-3H3/t14-/m0/s1. The van der Waals surface area contributed by atoms with E-state index < -0.39 is 0 Å². The summed E-state index contributed by atoms with van der Waals surface area (Å²) in [7, 11) is 2.09. The molecule has 0 saturated heterocycles. The van der Waals surface area contributed by atoms with Gasteiger partial charge >= 0.3 is 0 Å². The third-order valence-corrected chi connectivity index (χ3v) is 3.03. The fourth-order valence-electron chi connectivity index (χ4n) is 2.17. The van der Waals surface area contributed by atoms with Crippen LogP contribution in [0, 0.1) is 6.92 Å². The Balaban J connectivity index is 2.08. The monoisotopic (exact) mass is 245 g/mol. The molecule has 2 aromatic heterocycles. The van der Waals surface area contributed by atoms with E-state index in [4.69, 9.17) is 4.42 Å². The Labute approximate surface area is 108 Å². The molecule has 0 spiro atoms. The molecule has 1 atom stereocenters. The third-order valence-electron chi connectivity index (χ3n) is 3.03. The van der Waals surface area contributed by atoms with Gasteiger partial charge in [0.25, 0.3) is 0 Å². The van der Waals surface area contributed by atoms with Crippen molar-refractivity contribution in [2.75, 3.05) is 7.05 Å². The summed E-state index contributed by atoms with van der Waals surface area (Å²) in [5.41, 5.74) is 2.06. The van der Waals surface area contributed by atoms with Gasteiger partial charge in [-0.25, -0.2) is 4.98 Å². The van der Waals surface area contributed by atoms with Crippen LogP contribution in [0.4, 0.5) is 0 Å². The Morgan fingerprint density at radius 1 is 1.39 bits per heavy atom. The lowest BCUT2D eigenvalue weighted by molar-refractivity contribution is 0.223. The van der Waals surface area contributed by atoms with Crippen molar-refractivity contribution in [3.63, 3.8) is 0 Å². The Kier molecular flexibility index (Phi) is 4.10. The van der Waals surface area contributed by atoms with Gasteiger partial charge < -0.3 is 4.42 Å². The van der Waals surface area contributed by atoms with Crippen LogP contribution in [0.25, 0.3) is 0 Å². The number of pyridine rings is 1. The first kappa shape index (κ1) is 12.8. The number of nitrogens with zero attached hydrogens (tertiary/aromatic N) is 3. The van der Waals surface area contributed by atoms with E-state index in [1.807, 2.05) is 25.3 Å². The summed E-state index contributed by atoms with van der Waals surface area (Å²) in [6.07, 6.45) is 4.58. The molecular formula is C14H19N3O. The van der Waals surface area contributed by atoms with E-state index >= 15 is 0 Å². The normalized spacial score (nSPS) is 12.9. The van der Waals surface area contributed by atoms with Gasteiger partial charge in [-0.05, 0) is 25.6 Å². The molecule has 0 amide bonds. The minimum atomic E-state index is 0.309. The predicted molar refractivity (Wildman–Crippen MR) is 70.0 cm³/mol. The second-order valence-corrected chi connectivity index (χ2v) is 4.45. The lowest BCUT2D eigenvalue weighted by Gasteiger charge is -2.25. The zero-order chi connectivity index (χ0) is 13.0. The van der Waals surface area contributed by atoms with Crippen molar-refractivity contribution in [3.05, 3.63) is 47.9 Å². The third kappa shape index (κ3) is 2.96. The highest BCUT2D eigenvalue weighted by Crippen LogP contribution is 2.22. The summed E-state index contributed by atoms with van der Waals surface area (Å²) < 4.78 is 5.23. The lowest BCUT2D eigenvalue weighted by atomic mass is 10.1. The zero-order valence-corrected chi connectivity index (χ0v) is 11.1. The van der Waals surface area contributed by atoms with Crippen molar-refractivity contribution < 1.29 is 4.42 Å². The molecule has 0 radical (unpaired) electrons. The van der Waals surface area contributed by atoms with E-state index in [1.165, 1.54) is 0 Å². The van der Waals surface area contributed by atoms with Crippen molar-refractivity contribution in [1.82, 2.24) is 14.9 Å². The van der Waals surface area contributed by atoms with Crippen molar-refractivity contribution in [1.29, 1.82) is 0 Å². The van der Waals surface area contributed by atoms with Crippen molar-refractivity contribution >= 4 is 0 Å². The topological polar surface area (TPSA) is 42.2 Å². The summed E-state index contributed by atoms with van der Waals surface area (Å²) in [4.78, 5) is 11.0. The molecule has 0 aliphatic heterocycles. The molecule has 4 heteroatoms. The Bertz CT molecular complexity index is 481. The van der Waals surface area contributed by atoms with Gasteiger partial charge in [0.1, 0.15) is 6.26 Å². The van der Waals surface area contributed by atoms with Gasteiger partial charge in [-0.15, -0.1) is 0 Å². The molecule has 0 aromatic carbocycles. The van der Waals surface area contributed by atoms with Crippen molar-refractivity contribution in [2.24, 2.45) is 0 Å². The number of aryl methyl sites for hydroxylation is 1. The quantitative estimate of drug-likeness (QED) is 0.812. The van der Waals surface area contributed by atoms with E-state index in [0.29, 0.717) is 11.9 Å². The Morgan fingerprint density at radius 3 is 2.78 bits per heavy atom. The van der Waals surface area contributed by atoms with Gasteiger partial charge in [0, 0.05) is 19.7 Å². The number of oxazole rings is 1. The van der Waals surface area contributed by atoms with E-state index in [9.17, 15) is 0 Å². The van der Waals surface area contributed by atoms with Gasteiger partial charge in [-0.3, -0.25) is 9.88 Å². The maximum Gasteiger partial charge on any atom is 0.191 e. The number of aromatic nitrogens is 2. The van der Waals surface area contributed by atoms with Crippen molar-refractivity contribution in [2.45, 2.75) is 32.9 Å². The van der Waals surface area contributed by atoms with Gasteiger partial charge in [0.2, 0.25) is 0 Å². The molecule has 0 bridgehead atoms. The summed E-state index contributed by atoms with van der Waals surface area (Å²) in [6.45, 7) is 4.80. The first-order chi connectivity index (χ1) is 8.70. The highest BCUT2D eigenvalue weighted by Gasteiger charge is 2.17. The molecular weight excluding hydrogens is 226 g/mol. The van der Waals surface area contributed by atoms with E-state index in [2.05, 4.69) is 34.9 Å². The van der Waals surface area contributed by atoms with E-state index in [-0.39, 0.29) is 0 Å². The highest BCUT2D eigenvalue weighted by atomic mass is 16.3. The van der Waals surface area contributed by atoms with Crippen LogP contribution in [-0.2, 0) is 6.54 Å². The molecule has 2 heterocycles. The predicted octanol–water partition coefficient (Wildman–Crippen LogP) is 2.96. The molecule has 96 valence electrons. The second-order valence-electron chi connectivity index (χ2n) is 4.45. The molecule has 0 aliphatic rings. The first-order valence-corrected chi connectivity index (χ1v) is 6.23. The van der Waals surface area contributed by atoms with Crippen LogP contribution in [0.15, 0.2) is 35.1 Å². The summed E-state index contributed by atoms with van der Waals surface area (Å²) in [5.74, 6) is 0.712. The van der Waals surface area contributed by atoms with Gasteiger partial charge in [0.05, 0.1) is 17.4 Å². The van der Waals surface area contributed by atoms with Gasteiger partial charge in [0.15, 0.2) is 5.89 Å². The molecule has 18 heavy (non-hydrogen) atoms. The second kappa shape index (κ2) is 5.78.